The molecule has 0 bridgehead atoms. The zero-order chi connectivity index (χ0) is 59.4. The van der Waals surface area contributed by atoms with Crippen LogP contribution in [-0.2, 0) is 56.8 Å². The van der Waals surface area contributed by atoms with Crippen LogP contribution in [-0.4, -0.2) is 282 Å². The number of ether oxygens (including phenoxy) is 12. The molecule has 478 valence electrons. The van der Waals surface area contributed by atoms with E-state index in [-0.39, 0.29) is 23.0 Å². The van der Waals surface area contributed by atoms with Gasteiger partial charge in [-0.3, -0.25) is 0 Å². The van der Waals surface area contributed by atoms with Crippen LogP contribution in [0.1, 0.15) is 91.9 Å². The lowest BCUT2D eigenvalue weighted by Gasteiger charge is -2.61. The van der Waals surface area contributed by atoms with Gasteiger partial charge in [0.1, 0.15) is 116 Å². The Morgan fingerprint density at radius 3 is 1.69 bits per heavy atom. The van der Waals surface area contributed by atoms with E-state index in [1.807, 2.05) is 0 Å². The molecule has 7 aliphatic heterocycles. The predicted molar refractivity (Wildman–Crippen MR) is 275 cm³/mol. The van der Waals surface area contributed by atoms with E-state index in [9.17, 15) is 76.6 Å². The van der Waals surface area contributed by atoms with Gasteiger partial charge in [0.15, 0.2) is 37.2 Å². The van der Waals surface area contributed by atoms with E-state index in [0.29, 0.717) is 54.3 Å². The first kappa shape index (κ1) is 63.5. The van der Waals surface area contributed by atoms with Crippen molar-refractivity contribution in [2.75, 3.05) is 39.6 Å². The number of hydrogen-bond donors (Lipinski definition) is 15. The molecular formula is C56H92O27. The summed E-state index contributed by atoms with van der Waals surface area (Å²) in [5, 5.41) is 164. The maximum Gasteiger partial charge on any atom is 0.187 e. The molecule has 27 nitrogen and oxygen atoms in total. The molecule has 0 aromatic carbocycles. The van der Waals surface area contributed by atoms with Crippen molar-refractivity contribution in [3.05, 3.63) is 0 Å². The normalized spacial score (nSPS) is 57.4. The second kappa shape index (κ2) is 25.0. The van der Waals surface area contributed by atoms with E-state index in [4.69, 9.17) is 56.8 Å². The number of aliphatic hydroxyl groups excluding tert-OH is 15. The highest BCUT2D eigenvalue weighted by Gasteiger charge is 2.70. The van der Waals surface area contributed by atoms with Crippen LogP contribution in [0.4, 0.5) is 0 Å². The molecule has 0 amide bonds. The molecule has 1 spiro atoms. The zero-order valence-corrected chi connectivity index (χ0v) is 47.5. The smallest absolute Gasteiger partial charge is 0.187 e. The summed E-state index contributed by atoms with van der Waals surface area (Å²) in [6.45, 7) is 6.14. The van der Waals surface area contributed by atoms with E-state index in [1.165, 1.54) is 0 Å². The first-order chi connectivity index (χ1) is 39.5. The molecule has 4 aliphatic carbocycles. The molecule has 11 aliphatic rings. The summed E-state index contributed by atoms with van der Waals surface area (Å²) in [5.41, 5.74) is 0.221. The topological polar surface area (TPSA) is 414 Å². The molecule has 83 heavy (non-hydrogen) atoms. The van der Waals surface area contributed by atoms with Gasteiger partial charge in [0.25, 0.3) is 0 Å². The van der Waals surface area contributed by atoms with Gasteiger partial charge < -0.3 is 133 Å². The molecule has 27 heteroatoms. The van der Waals surface area contributed by atoms with Crippen LogP contribution < -0.4 is 0 Å². The van der Waals surface area contributed by atoms with Crippen molar-refractivity contribution in [2.45, 2.75) is 257 Å². The maximum atomic E-state index is 12.0. The first-order valence-corrected chi connectivity index (χ1v) is 30.3. The van der Waals surface area contributed by atoms with Crippen LogP contribution in [0.3, 0.4) is 0 Å². The van der Waals surface area contributed by atoms with Crippen LogP contribution in [0.25, 0.3) is 0 Å². The molecule has 11 fully saturated rings. The summed E-state index contributed by atoms with van der Waals surface area (Å²) in [7, 11) is 0. The molecule has 27 unspecified atom stereocenters. The summed E-state index contributed by atoms with van der Waals surface area (Å²) < 4.78 is 73.4. The highest BCUT2D eigenvalue weighted by atomic mass is 16.8. The predicted octanol–water partition coefficient (Wildman–Crippen LogP) is -4.45. The summed E-state index contributed by atoms with van der Waals surface area (Å²) in [4.78, 5) is 0. The van der Waals surface area contributed by atoms with Gasteiger partial charge in [-0.15, -0.1) is 0 Å². The van der Waals surface area contributed by atoms with E-state index in [2.05, 4.69) is 27.7 Å². The molecule has 15 N–H and O–H groups in total. The summed E-state index contributed by atoms with van der Waals surface area (Å²) in [5.74, 6) is 2.83. The largest absolute Gasteiger partial charge is 0.394 e. The van der Waals surface area contributed by atoms with Gasteiger partial charge in [0, 0.05) is 12.3 Å². The Hall–Kier alpha value is -1.08. The molecule has 36 atom stereocenters. The lowest BCUT2D eigenvalue weighted by atomic mass is 9.44. The van der Waals surface area contributed by atoms with Crippen molar-refractivity contribution in [2.24, 2.45) is 52.3 Å². The highest BCUT2D eigenvalue weighted by Crippen LogP contribution is 2.71. The number of rotatable bonds is 14. The van der Waals surface area contributed by atoms with Gasteiger partial charge in [-0.1, -0.05) is 27.7 Å². The summed E-state index contributed by atoms with van der Waals surface area (Å²) >= 11 is 0. The fourth-order valence-electron chi connectivity index (χ4n) is 17.4. The Bertz CT molecular complexity index is 2140. The molecule has 7 saturated heterocycles. The maximum absolute atomic E-state index is 12.0. The van der Waals surface area contributed by atoms with Gasteiger partial charge in [-0.05, 0) is 104 Å². The third-order valence-corrected chi connectivity index (χ3v) is 22.1. The van der Waals surface area contributed by atoms with Crippen LogP contribution in [0.15, 0.2) is 0 Å². The molecule has 0 aromatic heterocycles. The summed E-state index contributed by atoms with van der Waals surface area (Å²) in [6, 6.07) is 0. The summed E-state index contributed by atoms with van der Waals surface area (Å²) in [6.07, 6.45) is -34.5. The minimum atomic E-state index is -2.18. The molecule has 0 aromatic rings. The fourth-order valence-corrected chi connectivity index (χ4v) is 17.4. The molecular weight excluding hydrogens is 1100 g/mol. The van der Waals surface area contributed by atoms with Crippen molar-refractivity contribution in [1.29, 1.82) is 0 Å². The molecule has 0 radical (unpaired) electrons. The van der Waals surface area contributed by atoms with Crippen molar-refractivity contribution >= 4 is 0 Å². The average molecular weight is 1200 g/mol. The van der Waals surface area contributed by atoms with Gasteiger partial charge in [-0.25, -0.2) is 0 Å². The third-order valence-electron chi connectivity index (χ3n) is 22.1. The lowest BCUT2D eigenvalue weighted by Crippen LogP contribution is -2.69. The fraction of sp³-hybridized carbons (Fsp3) is 1.00. The second-order valence-corrected chi connectivity index (χ2v) is 26.7. The second-order valence-electron chi connectivity index (χ2n) is 26.7. The molecule has 7 heterocycles. The van der Waals surface area contributed by atoms with Crippen molar-refractivity contribution in [3.8, 4) is 0 Å². The third kappa shape index (κ3) is 11.2. The van der Waals surface area contributed by atoms with E-state index >= 15 is 0 Å². The van der Waals surface area contributed by atoms with Crippen molar-refractivity contribution < 1.29 is 133 Å². The monoisotopic (exact) mass is 1200 g/mol. The van der Waals surface area contributed by atoms with E-state index in [0.717, 1.165) is 58.0 Å². The number of fused-ring (bicyclic) bond motifs is 7. The SMILES string of the molecule is C[C@@H]1CCC2(OC1)O[C@H]1CC3[C@@H]4CC[C@H]5CC(OC6OC(CO)C(OC7OC(CO)C(O)C(OC8OCC(O)C(O)C8O)C7OC7OC(CO)C(O)C(OC8OC(CO)C(O)C(O)C8O)C7O)C(O)C6O)CC[C@]5(C)[C@H]4CC[C@]3(C)[C@H]1[C@@H]2C. The van der Waals surface area contributed by atoms with Gasteiger partial charge in [0.2, 0.25) is 0 Å². The van der Waals surface area contributed by atoms with Gasteiger partial charge in [-0.2, -0.15) is 0 Å². The van der Waals surface area contributed by atoms with E-state index in [1.54, 1.807) is 0 Å². The van der Waals surface area contributed by atoms with Crippen LogP contribution >= 0.6 is 0 Å². The van der Waals surface area contributed by atoms with Crippen LogP contribution in [0.2, 0.25) is 0 Å². The first-order valence-electron chi connectivity index (χ1n) is 30.3. The minimum absolute atomic E-state index is 0.0500. The Morgan fingerprint density at radius 1 is 0.446 bits per heavy atom. The number of aliphatic hydroxyl groups is 15. The molecule has 11 rings (SSSR count). The average Bonchev–Trinajstić information content (AvgIpc) is 4.01. The van der Waals surface area contributed by atoms with Gasteiger partial charge >= 0.3 is 0 Å². The van der Waals surface area contributed by atoms with Crippen LogP contribution in [0.5, 0.6) is 0 Å². The Kier molecular flexibility index (Phi) is 19.1. The Morgan fingerprint density at radius 2 is 1.01 bits per heavy atom. The Balaban J connectivity index is 0.784. The van der Waals surface area contributed by atoms with Gasteiger partial charge in [0.05, 0.1) is 51.8 Å². The Labute approximate surface area is 481 Å². The minimum Gasteiger partial charge on any atom is -0.394 e. The molecule has 4 saturated carbocycles. The standard InChI is InChI=1S/C56H92O27/c1-21-7-12-56(73-19-21)22(2)34-29(83-56)14-27-25-6-5-23-13-24(8-10-54(23,3)26(25)9-11-55(27,34)4)74-50-43(70)40(67)45(33(18-60)78-50)79-53-48(47(38(65)32(17-59)77-53)81-49-41(68)35(62)28(61)20-72-49)82-52-44(71)46(37(64)31(16-58)76-52)80-51-42(69)39(66)36(63)30(15-57)75-51/h21-53,57-71H,5-20H2,1-4H3/t21-,22+,23+,24?,25-,26+,27?,28?,29+,30?,31?,32?,33?,34+,35?,36?,37?,38?,39?,40?,41?,42?,43?,44?,45?,46?,47?,48?,49?,50?,51?,52?,53?,54+,55+,56?/m1/s1. The lowest BCUT2D eigenvalue weighted by molar-refractivity contribution is -0.409. The van der Waals surface area contributed by atoms with Crippen molar-refractivity contribution in [1.82, 2.24) is 0 Å². The highest BCUT2D eigenvalue weighted by molar-refractivity contribution is 5.16. The zero-order valence-electron chi connectivity index (χ0n) is 47.5. The van der Waals surface area contributed by atoms with E-state index < -0.39 is 186 Å². The van der Waals surface area contributed by atoms with Crippen LogP contribution in [0, 0.1) is 52.3 Å². The number of hydrogen-bond acceptors (Lipinski definition) is 27. The van der Waals surface area contributed by atoms with Crippen molar-refractivity contribution in [3.63, 3.8) is 0 Å². The quantitative estimate of drug-likeness (QED) is 0.0730.